The van der Waals surface area contributed by atoms with E-state index in [9.17, 15) is 14.7 Å². The Balaban J connectivity index is 1.72. The Morgan fingerprint density at radius 1 is 1.22 bits per heavy atom. The molecule has 1 atom stereocenters. The number of nitrogens with one attached hydrogen (secondary N) is 1. The van der Waals surface area contributed by atoms with Crippen LogP contribution in [0, 0.1) is 13.8 Å². The van der Waals surface area contributed by atoms with Gasteiger partial charge in [0.2, 0.25) is 5.95 Å². The van der Waals surface area contributed by atoms with Gasteiger partial charge >= 0.3 is 5.69 Å². The smallest absolute Gasteiger partial charge is 0.329 e. The van der Waals surface area contributed by atoms with Crippen molar-refractivity contribution in [1.82, 2.24) is 28.9 Å². The van der Waals surface area contributed by atoms with Gasteiger partial charge in [0.15, 0.2) is 11.2 Å². The number of imidazole rings is 1. The predicted octanol–water partition coefficient (Wildman–Crippen LogP) is 1.23. The number of aromatic nitrogens is 6. The van der Waals surface area contributed by atoms with Gasteiger partial charge in [-0.1, -0.05) is 19.1 Å². The zero-order chi connectivity index (χ0) is 23.0. The lowest BCUT2D eigenvalue weighted by molar-refractivity contribution is 0.0931. The molecule has 3 aromatic heterocycles. The van der Waals surface area contributed by atoms with Gasteiger partial charge in [-0.25, -0.2) is 9.48 Å². The minimum absolute atomic E-state index is 0.0209. The van der Waals surface area contributed by atoms with E-state index in [4.69, 9.17) is 4.74 Å². The van der Waals surface area contributed by atoms with Gasteiger partial charge in [-0.05, 0) is 44.0 Å². The van der Waals surface area contributed by atoms with Crippen LogP contribution < -0.4 is 16.0 Å². The molecule has 0 aliphatic heterocycles. The van der Waals surface area contributed by atoms with Crippen LogP contribution in [-0.2, 0) is 20.0 Å². The molecular weight excluding hydrogens is 412 g/mol. The van der Waals surface area contributed by atoms with Crippen LogP contribution in [0.1, 0.15) is 23.9 Å². The summed E-state index contributed by atoms with van der Waals surface area (Å²) in [7, 11) is 1.53. The maximum Gasteiger partial charge on any atom is 0.329 e. The van der Waals surface area contributed by atoms with Gasteiger partial charge < -0.3 is 9.84 Å². The first kappa shape index (κ1) is 21.6. The van der Waals surface area contributed by atoms with Crippen molar-refractivity contribution in [3.8, 4) is 11.7 Å². The van der Waals surface area contributed by atoms with E-state index in [2.05, 4.69) is 22.0 Å². The van der Waals surface area contributed by atoms with Crippen molar-refractivity contribution in [2.24, 2.45) is 7.05 Å². The number of ether oxygens (including phenoxy) is 1. The molecule has 0 radical (unpaired) electrons. The third-order valence-electron chi connectivity index (χ3n) is 5.33. The van der Waals surface area contributed by atoms with Crippen LogP contribution in [0.25, 0.3) is 17.1 Å². The lowest BCUT2D eigenvalue weighted by Gasteiger charge is -2.16. The summed E-state index contributed by atoms with van der Waals surface area (Å²) in [5.74, 6) is 1.00. The van der Waals surface area contributed by atoms with Crippen molar-refractivity contribution in [3.05, 3.63) is 68.1 Å². The first-order valence-corrected chi connectivity index (χ1v) is 10.4. The average Bonchev–Trinajstić information content (AvgIpc) is 3.30. The Bertz CT molecular complexity index is 1390. The fourth-order valence-electron chi connectivity index (χ4n) is 3.70. The molecule has 0 aliphatic carbocycles. The minimum Gasteiger partial charge on any atom is -0.491 e. The van der Waals surface area contributed by atoms with Crippen LogP contribution >= 0.6 is 0 Å². The number of aryl methyl sites for hydroxylation is 4. The summed E-state index contributed by atoms with van der Waals surface area (Å²) in [5, 5.41) is 15.2. The van der Waals surface area contributed by atoms with Crippen LogP contribution in [0.3, 0.4) is 0 Å². The van der Waals surface area contributed by atoms with Crippen molar-refractivity contribution in [3.63, 3.8) is 0 Å². The molecule has 10 heteroatoms. The van der Waals surface area contributed by atoms with E-state index in [1.165, 1.54) is 11.6 Å². The van der Waals surface area contributed by atoms with Gasteiger partial charge in [0.05, 0.1) is 12.2 Å². The summed E-state index contributed by atoms with van der Waals surface area (Å²) in [6, 6.07) is 9.57. The highest BCUT2D eigenvalue weighted by Crippen LogP contribution is 2.19. The minimum atomic E-state index is -0.940. The third-order valence-corrected chi connectivity index (χ3v) is 5.33. The highest BCUT2D eigenvalue weighted by atomic mass is 16.5. The lowest BCUT2D eigenvalue weighted by atomic mass is 10.2. The monoisotopic (exact) mass is 438 g/mol. The second-order valence-electron chi connectivity index (χ2n) is 7.82. The van der Waals surface area contributed by atoms with Crippen molar-refractivity contribution in [1.29, 1.82) is 0 Å². The molecule has 0 amide bonds. The molecule has 3 heterocycles. The Labute approximate surface area is 183 Å². The zero-order valence-corrected chi connectivity index (χ0v) is 18.5. The molecule has 168 valence electrons. The highest BCUT2D eigenvalue weighted by molar-refractivity contribution is 5.72. The largest absolute Gasteiger partial charge is 0.491 e. The molecule has 0 aliphatic rings. The number of hydrogen-bond acceptors (Lipinski definition) is 6. The topological polar surface area (TPSA) is 120 Å². The Hall–Kier alpha value is -3.66. The standard InChI is InChI=1S/C22H26N6O4/c1-5-15-7-6-8-17(10-15)32-12-16(29)11-27-18-19(26(4)22(31)24-20(18)30)23-21(27)28-14(3)9-13(2)25-28/h6-10,16,29H,5,11-12H2,1-4H3,(H,24,30,31)/t16-/m1/s1. The lowest BCUT2D eigenvalue weighted by Crippen LogP contribution is -2.31. The van der Waals surface area contributed by atoms with Crippen LogP contribution in [0.15, 0.2) is 39.9 Å². The number of H-pyrrole nitrogens is 1. The number of benzene rings is 1. The Morgan fingerprint density at radius 3 is 2.69 bits per heavy atom. The van der Waals surface area contributed by atoms with Crippen molar-refractivity contribution >= 4 is 11.2 Å². The number of aliphatic hydroxyl groups is 1. The fraction of sp³-hybridized carbons (Fsp3) is 0.364. The number of fused-ring (bicyclic) bond motifs is 1. The molecular formula is C22H26N6O4. The summed E-state index contributed by atoms with van der Waals surface area (Å²) >= 11 is 0. The fourth-order valence-corrected chi connectivity index (χ4v) is 3.70. The van der Waals surface area contributed by atoms with Gasteiger partial charge in [0, 0.05) is 12.7 Å². The summed E-state index contributed by atoms with van der Waals surface area (Å²) in [6.07, 6.45) is -0.0566. The molecule has 10 nitrogen and oxygen atoms in total. The van der Waals surface area contributed by atoms with Crippen molar-refractivity contribution < 1.29 is 9.84 Å². The van der Waals surface area contributed by atoms with Gasteiger partial charge in [0.25, 0.3) is 5.56 Å². The normalized spacial score (nSPS) is 12.4. The Morgan fingerprint density at radius 2 is 2.00 bits per heavy atom. The summed E-state index contributed by atoms with van der Waals surface area (Å²) < 4.78 is 10.2. The first-order chi connectivity index (χ1) is 15.3. The molecule has 1 aromatic carbocycles. The number of rotatable bonds is 7. The number of nitrogens with zero attached hydrogens (tertiary/aromatic N) is 5. The quantitative estimate of drug-likeness (QED) is 0.448. The maximum absolute atomic E-state index is 12.7. The summed E-state index contributed by atoms with van der Waals surface area (Å²) in [5.41, 5.74) is 1.98. The highest BCUT2D eigenvalue weighted by Gasteiger charge is 2.22. The van der Waals surface area contributed by atoms with E-state index in [0.717, 1.165) is 23.4 Å². The maximum atomic E-state index is 12.7. The summed E-state index contributed by atoms with van der Waals surface area (Å²) in [4.78, 5) is 31.6. The Kier molecular flexibility index (Phi) is 5.70. The van der Waals surface area contributed by atoms with Crippen LogP contribution in [0.4, 0.5) is 0 Å². The van der Waals surface area contributed by atoms with E-state index >= 15 is 0 Å². The second-order valence-corrected chi connectivity index (χ2v) is 7.82. The van der Waals surface area contributed by atoms with Gasteiger partial charge in [-0.15, -0.1) is 0 Å². The molecule has 0 bridgehead atoms. The molecule has 0 saturated carbocycles. The average molecular weight is 438 g/mol. The van der Waals surface area contributed by atoms with Crippen molar-refractivity contribution in [2.45, 2.75) is 39.8 Å². The predicted molar refractivity (Wildman–Crippen MR) is 120 cm³/mol. The zero-order valence-electron chi connectivity index (χ0n) is 18.5. The number of aromatic amines is 1. The molecule has 4 aromatic rings. The molecule has 0 spiro atoms. The molecule has 0 saturated heterocycles. The molecule has 0 unspecified atom stereocenters. The molecule has 0 fully saturated rings. The SMILES string of the molecule is CCc1cccc(OC[C@H](O)Cn2c(-n3nc(C)cc3C)nc3c2c(=O)[nH]c(=O)n3C)c1. The van der Waals surface area contributed by atoms with Gasteiger partial charge in [-0.2, -0.15) is 10.1 Å². The van der Waals surface area contributed by atoms with E-state index in [1.807, 2.05) is 44.2 Å². The van der Waals surface area contributed by atoms with E-state index in [-0.39, 0.29) is 24.3 Å². The molecule has 4 rings (SSSR count). The molecule has 2 N–H and O–H groups in total. The van der Waals surface area contributed by atoms with Crippen molar-refractivity contribution in [2.75, 3.05) is 6.61 Å². The molecule has 32 heavy (non-hydrogen) atoms. The van der Waals surface area contributed by atoms with Crippen LogP contribution in [0.5, 0.6) is 5.75 Å². The van der Waals surface area contributed by atoms with Crippen LogP contribution in [0.2, 0.25) is 0 Å². The third kappa shape index (κ3) is 3.96. The number of aliphatic hydroxyl groups excluding tert-OH is 1. The second kappa shape index (κ2) is 8.46. The van der Waals surface area contributed by atoms with Crippen LogP contribution in [-0.4, -0.2) is 46.7 Å². The van der Waals surface area contributed by atoms with E-state index in [0.29, 0.717) is 11.7 Å². The first-order valence-electron chi connectivity index (χ1n) is 10.4. The summed E-state index contributed by atoms with van der Waals surface area (Å²) in [6.45, 7) is 5.83. The van der Waals surface area contributed by atoms with E-state index < -0.39 is 17.4 Å². The van der Waals surface area contributed by atoms with Gasteiger partial charge in [-0.3, -0.25) is 18.9 Å². The number of hydrogen-bond donors (Lipinski definition) is 2. The van der Waals surface area contributed by atoms with Gasteiger partial charge in [0.1, 0.15) is 18.5 Å². The van der Waals surface area contributed by atoms with E-state index in [1.54, 1.807) is 9.25 Å².